The zero-order valence-corrected chi connectivity index (χ0v) is 7.99. The zero-order chi connectivity index (χ0) is 8.39. The molecule has 12 heavy (non-hydrogen) atoms. The van der Waals surface area contributed by atoms with Gasteiger partial charge >= 0.3 is 0 Å². The molecule has 0 unspecified atom stereocenters. The van der Waals surface area contributed by atoms with E-state index in [1.165, 1.54) is 26.5 Å². The number of rotatable bonds is 1. The first kappa shape index (κ1) is 8.02. The molecule has 2 aromatic carbocycles. The maximum Gasteiger partial charge on any atom is 0.0269 e. The van der Waals surface area contributed by atoms with E-state index in [0.29, 0.717) is 0 Å². The molecule has 0 aliphatic rings. The summed E-state index contributed by atoms with van der Waals surface area (Å²) in [6.07, 6.45) is 0. The van der Waals surface area contributed by atoms with Crippen molar-refractivity contribution in [3.8, 4) is 0 Å². The van der Waals surface area contributed by atoms with E-state index in [-0.39, 0.29) is 0 Å². The molecule has 0 aliphatic heterocycles. The summed E-state index contributed by atoms with van der Waals surface area (Å²) in [5.74, 6) is 0. The smallest absolute Gasteiger partial charge is 0.0269 e. The predicted molar refractivity (Wildman–Crippen MR) is 57.4 cm³/mol. The van der Waals surface area contributed by atoms with Crippen LogP contribution in [0.5, 0.6) is 0 Å². The third-order valence-corrected chi connectivity index (χ3v) is 2.91. The Hall–Kier alpha value is -0.600. The van der Waals surface area contributed by atoms with Crippen LogP contribution in [0.3, 0.4) is 0 Å². The minimum Gasteiger partial charge on any atom is -0.0616 e. The molecule has 0 saturated carbocycles. The molecule has 0 bridgehead atoms. The Morgan fingerprint density at radius 3 is 2.50 bits per heavy atom. The average Bonchev–Trinajstić information content (AvgIpc) is 2.17. The molecule has 0 N–H and O–H groups in total. The van der Waals surface area contributed by atoms with Gasteiger partial charge in [0.05, 0.1) is 0 Å². The first-order valence-corrected chi connectivity index (χ1v) is 5.43. The Morgan fingerprint density at radius 1 is 0.917 bits per heavy atom. The second kappa shape index (κ2) is 3.42. The lowest BCUT2D eigenvalue weighted by molar-refractivity contribution is 1.56. The fourth-order valence-corrected chi connectivity index (χ4v) is 2.11. The van der Waals surface area contributed by atoms with Crippen LogP contribution in [-0.2, 0) is 0 Å². The third-order valence-electron chi connectivity index (χ3n) is 1.84. The van der Waals surface area contributed by atoms with Crippen molar-refractivity contribution >= 4 is 33.2 Å². The Labute approximate surface area is 80.8 Å². The highest BCUT2D eigenvalue weighted by molar-refractivity contribution is 8.68. The molecule has 0 atom stereocenters. The summed E-state index contributed by atoms with van der Waals surface area (Å²) >= 11 is 4.96. The van der Waals surface area contributed by atoms with Gasteiger partial charge in [0.2, 0.25) is 0 Å². The standard InChI is InChI=1S/C10H7S2/c11-12-10-7-3-5-8-4-1-2-6-9(8)10/h1-7H. The fourth-order valence-electron chi connectivity index (χ4n) is 1.27. The van der Waals surface area contributed by atoms with Gasteiger partial charge in [0, 0.05) is 4.90 Å². The molecular weight excluding hydrogens is 184 g/mol. The normalized spacial score (nSPS) is 10.4. The van der Waals surface area contributed by atoms with Crippen molar-refractivity contribution in [1.29, 1.82) is 0 Å². The lowest BCUT2D eigenvalue weighted by Crippen LogP contribution is -1.73. The highest BCUT2D eigenvalue weighted by Crippen LogP contribution is 2.29. The minimum atomic E-state index is 1.17. The van der Waals surface area contributed by atoms with E-state index in [4.69, 9.17) is 11.7 Å². The van der Waals surface area contributed by atoms with E-state index in [0.717, 1.165) is 0 Å². The Morgan fingerprint density at radius 2 is 1.67 bits per heavy atom. The van der Waals surface area contributed by atoms with E-state index in [1.54, 1.807) is 0 Å². The summed E-state index contributed by atoms with van der Waals surface area (Å²) in [7, 11) is 1.38. The van der Waals surface area contributed by atoms with Gasteiger partial charge in [-0.25, -0.2) is 0 Å². The number of fused-ring (bicyclic) bond motifs is 1. The van der Waals surface area contributed by atoms with E-state index in [1.807, 2.05) is 18.2 Å². The summed E-state index contributed by atoms with van der Waals surface area (Å²) in [5, 5.41) is 2.51. The van der Waals surface area contributed by atoms with Crippen molar-refractivity contribution in [1.82, 2.24) is 0 Å². The van der Waals surface area contributed by atoms with Gasteiger partial charge in [0.1, 0.15) is 0 Å². The Bertz CT molecular complexity index is 390. The van der Waals surface area contributed by atoms with E-state index in [2.05, 4.69) is 24.3 Å². The molecule has 0 amide bonds. The topological polar surface area (TPSA) is 0 Å². The van der Waals surface area contributed by atoms with Crippen LogP contribution in [0, 0.1) is 0 Å². The zero-order valence-electron chi connectivity index (χ0n) is 6.36. The molecule has 2 rings (SSSR count). The van der Waals surface area contributed by atoms with Gasteiger partial charge in [-0.05, 0) is 39.3 Å². The van der Waals surface area contributed by atoms with Gasteiger partial charge in [-0.3, -0.25) is 0 Å². The number of hydrogen-bond acceptors (Lipinski definition) is 1. The molecule has 59 valence electrons. The van der Waals surface area contributed by atoms with Gasteiger partial charge in [-0.1, -0.05) is 36.4 Å². The van der Waals surface area contributed by atoms with Crippen LogP contribution in [0.4, 0.5) is 0 Å². The van der Waals surface area contributed by atoms with Crippen molar-refractivity contribution in [2.75, 3.05) is 0 Å². The monoisotopic (exact) mass is 191 g/mol. The molecule has 0 heterocycles. The first-order valence-electron chi connectivity index (χ1n) is 3.69. The van der Waals surface area contributed by atoms with Crippen molar-refractivity contribution in [2.45, 2.75) is 4.90 Å². The lowest BCUT2D eigenvalue weighted by atomic mass is 10.1. The van der Waals surface area contributed by atoms with Gasteiger partial charge in [-0.2, -0.15) is 0 Å². The summed E-state index contributed by atoms with van der Waals surface area (Å²) in [6.45, 7) is 0. The van der Waals surface area contributed by atoms with Crippen molar-refractivity contribution < 1.29 is 0 Å². The molecule has 2 aromatic rings. The Balaban J connectivity index is 2.79. The van der Waals surface area contributed by atoms with E-state index >= 15 is 0 Å². The molecule has 0 fully saturated rings. The minimum absolute atomic E-state index is 1.17. The summed E-state index contributed by atoms with van der Waals surface area (Å²) in [5.41, 5.74) is 0. The molecule has 0 aromatic heterocycles. The molecule has 1 radical (unpaired) electrons. The fraction of sp³-hybridized carbons (Fsp3) is 0. The molecule has 0 aliphatic carbocycles. The molecule has 0 spiro atoms. The van der Waals surface area contributed by atoms with Gasteiger partial charge in [-0.15, -0.1) is 0 Å². The van der Waals surface area contributed by atoms with E-state index in [9.17, 15) is 0 Å². The highest BCUT2D eigenvalue weighted by Gasteiger charge is 1.97. The molecule has 0 saturated heterocycles. The summed E-state index contributed by atoms with van der Waals surface area (Å²) < 4.78 is 0. The van der Waals surface area contributed by atoms with Crippen LogP contribution in [0.25, 0.3) is 10.8 Å². The Kier molecular flexibility index (Phi) is 2.28. The summed E-state index contributed by atoms with van der Waals surface area (Å²) in [4.78, 5) is 1.17. The lowest BCUT2D eigenvalue weighted by Gasteiger charge is -2.00. The van der Waals surface area contributed by atoms with E-state index < -0.39 is 0 Å². The van der Waals surface area contributed by atoms with Crippen LogP contribution in [0.2, 0.25) is 0 Å². The van der Waals surface area contributed by atoms with Crippen LogP contribution >= 0.6 is 22.5 Å². The average molecular weight is 191 g/mol. The highest BCUT2D eigenvalue weighted by atomic mass is 33.1. The second-order valence-electron chi connectivity index (χ2n) is 2.56. The van der Waals surface area contributed by atoms with Crippen LogP contribution < -0.4 is 0 Å². The third kappa shape index (κ3) is 1.32. The molecular formula is C10H7S2. The summed E-state index contributed by atoms with van der Waals surface area (Å²) in [6, 6.07) is 14.5. The van der Waals surface area contributed by atoms with Crippen LogP contribution in [0.15, 0.2) is 47.4 Å². The van der Waals surface area contributed by atoms with Gasteiger partial charge < -0.3 is 0 Å². The van der Waals surface area contributed by atoms with Crippen molar-refractivity contribution in [3.63, 3.8) is 0 Å². The maximum absolute atomic E-state index is 4.96. The van der Waals surface area contributed by atoms with Crippen LogP contribution in [-0.4, -0.2) is 0 Å². The van der Waals surface area contributed by atoms with Crippen LogP contribution in [0.1, 0.15) is 0 Å². The van der Waals surface area contributed by atoms with Crippen molar-refractivity contribution in [3.05, 3.63) is 42.5 Å². The van der Waals surface area contributed by atoms with Crippen molar-refractivity contribution in [2.24, 2.45) is 0 Å². The second-order valence-corrected chi connectivity index (χ2v) is 3.67. The number of benzene rings is 2. The largest absolute Gasteiger partial charge is 0.0616 e. The number of hydrogen-bond donors (Lipinski definition) is 0. The first-order chi connectivity index (χ1) is 5.92. The van der Waals surface area contributed by atoms with Gasteiger partial charge in [0.25, 0.3) is 0 Å². The SMILES string of the molecule is [S]Sc1cccc2ccccc12. The predicted octanol–water partition coefficient (Wildman–Crippen LogP) is 4.04. The maximum atomic E-state index is 4.96. The quantitative estimate of drug-likeness (QED) is 0.613. The van der Waals surface area contributed by atoms with Gasteiger partial charge in [0.15, 0.2) is 0 Å². The molecule has 0 nitrogen and oxygen atoms in total. The molecule has 2 heteroatoms.